The van der Waals surface area contributed by atoms with Crippen molar-refractivity contribution in [1.29, 1.82) is 0 Å². The van der Waals surface area contributed by atoms with Crippen LogP contribution in [0.3, 0.4) is 0 Å². The maximum absolute atomic E-state index is 14.2. The highest BCUT2D eigenvalue weighted by Gasteiger charge is 2.33. The van der Waals surface area contributed by atoms with Crippen molar-refractivity contribution in [2.24, 2.45) is 0 Å². The van der Waals surface area contributed by atoms with Crippen LogP contribution >= 0.6 is 0 Å². The first-order valence-corrected chi connectivity index (χ1v) is 7.20. The number of halogens is 2. The predicted octanol–water partition coefficient (Wildman–Crippen LogP) is 4.59. The molecule has 2 aromatic rings. The molecule has 0 bridgehead atoms. The summed E-state index contributed by atoms with van der Waals surface area (Å²) >= 11 is 0. The lowest BCUT2D eigenvalue weighted by atomic mass is 9.74. The number of benzene rings is 2. The van der Waals surface area contributed by atoms with E-state index in [0.29, 0.717) is 5.56 Å². The fourth-order valence-corrected chi connectivity index (χ4v) is 2.71. The SMILES string of the molecule is CCNC(c1ccccc1F)C(C)(C)c1ccc(F)cc1. The summed E-state index contributed by atoms with van der Waals surface area (Å²) in [7, 11) is 0. The van der Waals surface area contributed by atoms with Crippen molar-refractivity contribution in [3.05, 3.63) is 71.3 Å². The molecule has 2 aromatic carbocycles. The van der Waals surface area contributed by atoms with Crippen molar-refractivity contribution in [3.8, 4) is 0 Å². The Morgan fingerprint density at radius 1 is 1.00 bits per heavy atom. The van der Waals surface area contributed by atoms with E-state index in [1.165, 1.54) is 18.2 Å². The molecule has 0 saturated carbocycles. The highest BCUT2D eigenvalue weighted by molar-refractivity contribution is 5.32. The Morgan fingerprint density at radius 2 is 1.62 bits per heavy atom. The Morgan fingerprint density at radius 3 is 2.19 bits per heavy atom. The molecule has 0 aliphatic heterocycles. The van der Waals surface area contributed by atoms with E-state index in [4.69, 9.17) is 0 Å². The van der Waals surface area contributed by atoms with Gasteiger partial charge in [-0.3, -0.25) is 0 Å². The maximum Gasteiger partial charge on any atom is 0.128 e. The van der Waals surface area contributed by atoms with Gasteiger partial charge in [0.1, 0.15) is 11.6 Å². The van der Waals surface area contributed by atoms with E-state index in [2.05, 4.69) is 5.32 Å². The van der Waals surface area contributed by atoms with Gasteiger partial charge in [0.05, 0.1) is 0 Å². The summed E-state index contributed by atoms with van der Waals surface area (Å²) in [5.41, 5.74) is 1.23. The Hall–Kier alpha value is -1.74. The van der Waals surface area contributed by atoms with Crippen LogP contribution in [-0.2, 0) is 5.41 Å². The van der Waals surface area contributed by atoms with E-state index < -0.39 is 0 Å². The Kier molecular flexibility index (Phi) is 4.73. The van der Waals surface area contributed by atoms with Gasteiger partial charge < -0.3 is 5.32 Å². The number of hydrogen-bond donors (Lipinski definition) is 1. The number of nitrogens with one attached hydrogen (secondary N) is 1. The molecule has 1 unspecified atom stereocenters. The van der Waals surface area contributed by atoms with Crippen LogP contribution in [0.5, 0.6) is 0 Å². The van der Waals surface area contributed by atoms with Crippen molar-refractivity contribution < 1.29 is 8.78 Å². The molecule has 2 rings (SSSR count). The van der Waals surface area contributed by atoms with Crippen LogP contribution < -0.4 is 5.32 Å². The number of likely N-dealkylation sites (N-methyl/N-ethyl adjacent to an activating group) is 1. The van der Waals surface area contributed by atoms with Crippen LogP contribution in [0.1, 0.15) is 37.9 Å². The van der Waals surface area contributed by atoms with Crippen LogP contribution in [0.15, 0.2) is 48.5 Å². The molecule has 0 amide bonds. The largest absolute Gasteiger partial charge is 0.309 e. The van der Waals surface area contributed by atoms with Gasteiger partial charge in [0, 0.05) is 17.0 Å². The van der Waals surface area contributed by atoms with Gasteiger partial charge in [0.15, 0.2) is 0 Å². The molecule has 0 aliphatic carbocycles. The van der Waals surface area contributed by atoms with Crippen LogP contribution in [0.25, 0.3) is 0 Å². The first kappa shape index (κ1) is 15.6. The summed E-state index contributed by atoms with van der Waals surface area (Å²) in [6.07, 6.45) is 0. The number of rotatable bonds is 5. The third kappa shape index (κ3) is 3.30. The average molecular weight is 289 g/mol. The molecule has 0 aliphatic rings. The first-order valence-electron chi connectivity index (χ1n) is 7.20. The van der Waals surface area contributed by atoms with Gasteiger partial charge in [-0.15, -0.1) is 0 Å². The molecule has 21 heavy (non-hydrogen) atoms. The summed E-state index contributed by atoms with van der Waals surface area (Å²) in [4.78, 5) is 0. The fraction of sp³-hybridized carbons (Fsp3) is 0.333. The minimum absolute atomic E-state index is 0.186. The van der Waals surface area contributed by atoms with E-state index in [-0.39, 0.29) is 23.1 Å². The molecule has 0 aromatic heterocycles. The molecule has 0 fully saturated rings. The van der Waals surface area contributed by atoms with E-state index >= 15 is 0 Å². The molecular formula is C18H21F2N. The summed E-state index contributed by atoms with van der Waals surface area (Å²) in [5.74, 6) is -0.487. The minimum atomic E-state index is -0.369. The lowest BCUT2D eigenvalue weighted by Gasteiger charge is -2.36. The predicted molar refractivity (Wildman–Crippen MR) is 82.2 cm³/mol. The van der Waals surface area contributed by atoms with Gasteiger partial charge in [-0.2, -0.15) is 0 Å². The molecule has 112 valence electrons. The molecule has 0 heterocycles. The van der Waals surface area contributed by atoms with Crippen molar-refractivity contribution in [2.75, 3.05) is 6.54 Å². The summed E-state index contributed by atoms with van der Waals surface area (Å²) in [5, 5.41) is 3.36. The van der Waals surface area contributed by atoms with Crippen molar-refractivity contribution >= 4 is 0 Å². The lowest BCUT2D eigenvalue weighted by Crippen LogP contribution is -2.38. The average Bonchev–Trinajstić information content (AvgIpc) is 2.46. The number of hydrogen-bond acceptors (Lipinski definition) is 1. The van der Waals surface area contributed by atoms with Gasteiger partial charge in [-0.1, -0.05) is 51.1 Å². The van der Waals surface area contributed by atoms with E-state index in [1.54, 1.807) is 24.3 Å². The molecule has 1 atom stereocenters. The minimum Gasteiger partial charge on any atom is -0.309 e. The van der Waals surface area contributed by atoms with Crippen LogP contribution in [0.2, 0.25) is 0 Å². The third-order valence-corrected chi connectivity index (χ3v) is 3.93. The Balaban J connectivity index is 2.45. The van der Waals surface area contributed by atoms with Gasteiger partial charge in [-0.25, -0.2) is 8.78 Å². The summed E-state index contributed by atoms with van der Waals surface area (Å²) < 4.78 is 27.3. The maximum atomic E-state index is 14.2. The topological polar surface area (TPSA) is 12.0 Å². The zero-order chi connectivity index (χ0) is 15.5. The second-order valence-corrected chi connectivity index (χ2v) is 5.74. The zero-order valence-corrected chi connectivity index (χ0v) is 12.7. The van der Waals surface area contributed by atoms with Gasteiger partial charge in [0.2, 0.25) is 0 Å². The molecule has 0 saturated heterocycles. The van der Waals surface area contributed by atoms with Gasteiger partial charge in [-0.05, 0) is 30.3 Å². The van der Waals surface area contributed by atoms with Crippen molar-refractivity contribution in [1.82, 2.24) is 5.32 Å². The van der Waals surface area contributed by atoms with Crippen molar-refractivity contribution in [2.45, 2.75) is 32.2 Å². The van der Waals surface area contributed by atoms with Gasteiger partial charge in [0.25, 0.3) is 0 Å². The van der Waals surface area contributed by atoms with Crippen molar-refractivity contribution in [3.63, 3.8) is 0 Å². The quantitative estimate of drug-likeness (QED) is 0.848. The molecule has 1 nitrogen and oxygen atoms in total. The second-order valence-electron chi connectivity index (χ2n) is 5.74. The summed E-state index contributed by atoms with van der Waals surface area (Å²) in [6, 6.07) is 13.0. The van der Waals surface area contributed by atoms with E-state index in [9.17, 15) is 8.78 Å². The normalized spacial score (nSPS) is 13.2. The zero-order valence-electron chi connectivity index (χ0n) is 12.7. The summed E-state index contributed by atoms with van der Waals surface area (Å²) in [6.45, 7) is 6.80. The smallest absolute Gasteiger partial charge is 0.128 e. The molecule has 3 heteroatoms. The molecule has 0 radical (unpaired) electrons. The first-order chi connectivity index (χ1) is 9.96. The van der Waals surface area contributed by atoms with E-state index in [1.807, 2.05) is 26.8 Å². The van der Waals surface area contributed by atoms with Crippen LogP contribution in [0.4, 0.5) is 8.78 Å². The van der Waals surface area contributed by atoms with Crippen LogP contribution in [-0.4, -0.2) is 6.54 Å². The highest BCUT2D eigenvalue weighted by atomic mass is 19.1. The van der Waals surface area contributed by atoms with Crippen LogP contribution in [0, 0.1) is 11.6 Å². The fourth-order valence-electron chi connectivity index (χ4n) is 2.71. The third-order valence-electron chi connectivity index (χ3n) is 3.93. The Bertz CT molecular complexity index is 590. The standard InChI is InChI=1S/C18H21F2N/c1-4-21-17(15-7-5-6-8-16(15)20)18(2,3)13-9-11-14(19)12-10-13/h5-12,17,21H,4H2,1-3H3. The molecular weight excluding hydrogens is 268 g/mol. The van der Waals surface area contributed by atoms with E-state index in [0.717, 1.165) is 12.1 Å². The van der Waals surface area contributed by atoms with Gasteiger partial charge >= 0.3 is 0 Å². The lowest BCUT2D eigenvalue weighted by molar-refractivity contribution is 0.343. The molecule has 1 N–H and O–H groups in total. The Labute approximate surface area is 125 Å². The second kappa shape index (κ2) is 6.35. The molecule has 0 spiro atoms. The monoisotopic (exact) mass is 289 g/mol. The highest BCUT2D eigenvalue weighted by Crippen LogP contribution is 2.37.